The molecule has 17 heavy (non-hydrogen) atoms. The summed E-state index contributed by atoms with van der Waals surface area (Å²) in [5, 5.41) is 0. The summed E-state index contributed by atoms with van der Waals surface area (Å²) in [5.74, 6) is 2.60. The standard InChI is InChI=1S/C15H30N2/c1-11-4-5-12(2)15(10-11)17-8-6-14(7-9-17)13(3)16/h11-15H,4-10,16H2,1-3H3. The quantitative estimate of drug-likeness (QED) is 0.801. The molecule has 1 saturated heterocycles. The van der Waals surface area contributed by atoms with Crippen molar-refractivity contribution in [2.75, 3.05) is 13.1 Å². The monoisotopic (exact) mass is 238 g/mol. The van der Waals surface area contributed by atoms with Gasteiger partial charge in [-0.15, -0.1) is 0 Å². The summed E-state index contributed by atoms with van der Waals surface area (Å²) in [6, 6.07) is 1.24. The lowest BCUT2D eigenvalue weighted by atomic mass is 9.78. The topological polar surface area (TPSA) is 29.3 Å². The maximum absolute atomic E-state index is 6.02. The fourth-order valence-corrected chi connectivity index (χ4v) is 3.79. The highest BCUT2D eigenvalue weighted by Gasteiger charge is 2.32. The van der Waals surface area contributed by atoms with Crippen LogP contribution in [0.25, 0.3) is 0 Å². The molecule has 1 saturated carbocycles. The van der Waals surface area contributed by atoms with Gasteiger partial charge in [0.2, 0.25) is 0 Å². The third-order valence-electron chi connectivity index (χ3n) is 5.20. The second kappa shape index (κ2) is 5.71. The van der Waals surface area contributed by atoms with Crippen molar-refractivity contribution in [3.05, 3.63) is 0 Å². The predicted octanol–water partition coefficient (Wildman–Crippen LogP) is 2.87. The molecule has 0 radical (unpaired) electrons. The van der Waals surface area contributed by atoms with Crippen LogP contribution < -0.4 is 5.73 Å². The van der Waals surface area contributed by atoms with Crippen molar-refractivity contribution in [3.8, 4) is 0 Å². The largest absolute Gasteiger partial charge is 0.328 e. The van der Waals surface area contributed by atoms with Gasteiger partial charge in [0, 0.05) is 12.1 Å². The van der Waals surface area contributed by atoms with Crippen LogP contribution in [0.1, 0.15) is 52.9 Å². The van der Waals surface area contributed by atoms with Gasteiger partial charge in [-0.3, -0.25) is 0 Å². The van der Waals surface area contributed by atoms with Gasteiger partial charge in [-0.05, 0) is 63.5 Å². The number of hydrogen-bond acceptors (Lipinski definition) is 2. The average Bonchev–Trinajstić information content (AvgIpc) is 2.32. The number of rotatable bonds is 2. The van der Waals surface area contributed by atoms with Crippen molar-refractivity contribution in [2.24, 2.45) is 23.5 Å². The van der Waals surface area contributed by atoms with Crippen molar-refractivity contribution < 1.29 is 0 Å². The van der Waals surface area contributed by atoms with Crippen LogP contribution in [-0.2, 0) is 0 Å². The molecule has 2 heteroatoms. The summed E-state index contributed by atoms with van der Waals surface area (Å²) in [6.07, 6.45) is 6.92. The zero-order chi connectivity index (χ0) is 12.4. The summed E-state index contributed by atoms with van der Waals surface area (Å²) < 4.78 is 0. The highest BCUT2D eigenvalue weighted by Crippen LogP contribution is 2.34. The molecule has 1 heterocycles. The van der Waals surface area contributed by atoms with Crippen LogP contribution in [-0.4, -0.2) is 30.1 Å². The molecule has 100 valence electrons. The lowest BCUT2D eigenvalue weighted by Gasteiger charge is -2.44. The molecule has 0 bridgehead atoms. The minimum absolute atomic E-state index is 0.389. The van der Waals surface area contributed by atoms with Gasteiger partial charge in [-0.2, -0.15) is 0 Å². The first-order valence-corrected chi connectivity index (χ1v) is 7.57. The highest BCUT2D eigenvalue weighted by molar-refractivity contribution is 4.87. The van der Waals surface area contributed by atoms with Crippen molar-refractivity contribution in [1.29, 1.82) is 0 Å². The van der Waals surface area contributed by atoms with Gasteiger partial charge in [-0.25, -0.2) is 0 Å². The summed E-state index contributed by atoms with van der Waals surface area (Å²) in [6.45, 7) is 9.62. The molecule has 4 unspecified atom stereocenters. The zero-order valence-corrected chi connectivity index (χ0v) is 11.9. The van der Waals surface area contributed by atoms with Crippen LogP contribution in [0.15, 0.2) is 0 Å². The van der Waals surface area contributed by atoms with Gasteiger partial charge in [0.1, 0.15) is 0 Å². The molecule has 1 aliphatic carbocycles. The fraction of sp³-hybridized carbons (Fsp3) is 1.00. The number of nitrogens with two attached hydrogens (primary N) is 1. The van der Waals surface area contributed by atoms with Crippen LogP contribution >= 0.6 is 0 Å². The normalized spacial score (nSPS) is 39.2. The van der Waals surface area contributed by atoms with Gasteiger partial charge < -0.3 is 10.6 Å². The molecule has 4 atom stereocenters. The molecule has 0 amide bonds. The lowest BCUT2D eigenvalue weighted by Crippen LogP contribution is -2.48. The van der Waals surface area contributed by atoms with E-state index in [-0.39, 0.29) is 0 Å². The van der Waals surface area contributed by atoms with E-state index in [2.05, 4.69) is 25.7 Å². The Balaban J connectivity index is 1.87. The van der Waals surface area contributed by atoms with E-state index in [1.807, 2.05) is 0 Å². The number of piperidine rings is 1. The van der Waals surface area contributed by atoms with Gasteiger partial charge in [0.15, 0.2) is 0 Å². The van der Waals surface area contributed by atoms with Crippen molar-refractivity contribution >= 4 is 0 Å². The molecular formula is C15H30N2. The van der Waals surface area contributed by atoms with Gasteiger partial charge in [0.05, 0.1) is 0 Å². The number of hydrogen-bond donors (Lipinski definition) is 1. The van der Waals surface area contributed by atoms with E-state index in [0.29, 0.717) is 6.04 Å². The van der Waals surface area contributed by atoms with Crippen LogP contribution in [0, 0.1) is 17.8 Å². The van der Waals surface area contributed by atoms with Crippen LogP contribution in [0.5, 0.6) is 0 Å². The number of likely N-dealkylation sites (tertiary alicyclic amines) is 1. The summed E-state index contributed by atoms with van der Waals surface area (Å²) in [5.41, 5.74) is 6.02. The molecule has 2 rings (SSSR count). The fourth-order valence-electron chi connectivity index (χ4n) is 3.79. The Labute approximate surface area is 107 Å². The maximum Gasteiger partial charge on any atom is 0.0123 e. The van der Waals surface area contributed by atoms with Gasteiger partial charge in [-0.1, -0.05) is 20.3 Å². The Hall–Kier alpha value is -0.0800. The average molecular weight is 238 g/mol. The predicted molar refractivity (Wildman–Crippen MR) is 73.9 cm³/mol. The molecule has 0 spiro atoms. The Bertz CT molecular complexity index is 231. The second-order valence-electron chi connectivity index (χ2n) is 6.70. The molecule has 1 aliphatic heterocycles. The SMILES string of the molecule is CC1CCC(C)C(N2CCC(C(C)N)CC2)C1. The molecule has 2 aliphatic rings. The molecule has 2 nitrogen and oxygen atoms in total. The number of nitrogens with zero attached hydrogens (tertiary/aromatic N) is 1. The van der Waals surface area contributed by atoms with Crippen LogP contribution in [0.2, 0.25) is 0 Å². The molecule has 0 aromatic rings. The van der Waals surface area contributed by atoms with E-state index < -0.39 is 0 Å². The van der Waals surface area contributed by atoms with Crippen LogP contribution in [0.3, 0.4) is 0 Å². The lowest BCUT2D eigenvalue weighted by molar-refractivity contribution is 0.0559. The van der Waals surface area contributed by atoms with E-state index >= 15 is 0 Å². The van der Waals surface area contributed by atoms with E-state index in [4.69, 9.17) is 5.73 Å². The Morgan fingerprint density at radius 2 is 1.71 bits per heavy atom. The van der Waals surface area contributed by atoms with E-state index in [0.717, 1.165) is 23.8 Å². The third kappa shape index (κ3) is 3.23. The summed E-state index contributed by atoms with van der Waals surface area (Å²) in [7, 11) is 0. The third-order valence-corrected chi connectivity index (χ3v) is 5.20. The first-order chi connectivity index (χ1) is 8.08. The molecule has 2 N–H and O–H groups in total. The Kier molecular flexibility index (Phi) is 4.48. The highest BCUT2D eigenvalue weighted by atomic mass is 15.2. The smallest absolute Gasteiger partial charge is 0.0123 e. The van der Waals surface area contributed by atoms with E-state index in [1.54, 1.807) is 0 Å². The van der Waals surface area contributed by atoms with Crippen molar-refractivity contribution in [3.63, 3.8) is 0 Å². The van der Waals surface area contributed by atoms with Crippen LogP contribution in [0.4, 0.5) is 0 Å². The van der Waals surface area contributed by atoms with E-state index in [9.17, 15) is 0 Å². The van der Waals surface area contributed by atoms with Gasteiger partial charge >= 0.3 is 0 Å². The first kappa shape index (κ1) is 13.4. The first-order valence-electron chi connectivity index (χ1n) is 7.57. The van der Waals surface area contributed by atoms with E-state index in [1.165, 1.54) is 45.2 Å². The molecule has 0 aromatic heterocycles. The minimum atomic E-state index is 0.389. The van der Waals surface area contributed by atoms with Gasteiger partial charge in [0.25, 0.3) is 0 Å². The Morgan fingerprint density at radius 1 is 1.06 bits per heavy atom. The Morgan fingerprint density at radius 3 is 2.29 bits per heavy atom. The molecule has 2 fully saturated rings. The maximum atomic E-state index is 6.02. The van der Waals surface area contributed by atoms with Crippen molar-refractivity contribution in [2.45, 2.75) is 65.0 Å². The summed E-state index contributed by atoms with van der Waals surface area (Å²) in [4.78, 5) is 2.76. The summed E-state index contributed by atoms with van der Waals surface area (Å²) >= 11 is 0. The molecular weight excluding hydrogens is 208 g/mol. The zero-order valence-electron chi connectivity index (χ0n) is 11.9. The van der Waals surface area contributed by atoms with Crippen molar-refractivity contribution in [1.82, 2.24) is 4.90 Å². The molecule has 0 aromatic carbocycles. The second-order valence-corrected chi connectivity index (χ2v) is 6.70. The minimum Gasteiger partial charge on any atom is -0.328 e.